The molecule has 0 amide bonds. The predicted molar refractivity (Wildman–Crippen MR) is 74.7 cm³/mol. The van der Waals surface area contributed by atoms with Crippen LogP contribution in [0.2, 0.25) is 0 Å². The largest absolute Gasteiger partial charge is 0.372 e. The molecule has 0 bridgehead atoms. The molecule has 0 radical (unpaired) electrons. The van der Waals surface area contributed by atoms with Crippen molar-refractivity contribution in [3.05, 3.63) is 15.6 Å². The molecule has 0 saturated heterocycles. The van der Waals surface area contributed by atoms with Crippen LogP contribution in [-0.4, -0.2) is 17.0 Å². The third-order valence-electron chi connectivity index (χ3n) is 3.38. The number of halogens is 1. The third kappa shape index (κ3) is 2.64. The Kier molecular flexibility index (Phi) is 4.00. The molecule has 1 N–H and O–H groups in total. The summed E-state index contributed by atoms with van der Waals surface area (Å²) in [5.74, 6) is 3.44. The first-order valence-electron chi connectivity index (χ1n) is 5.91. The van der Waals surface area contributed by atoms with E-state index in [1.165, 1.54) is 25.7 Å². The molecule has 1 aliphatic rings. The molecule has 88 valence electrons. The SMILES string of the molecule is CNc1nc(C2CCC(C)CC2)ncc1I. The number of hydrogen-bond acceptors (Lipinski definition) is 3. The van der Waals surface area contributed by atoms with Gasteiger partial charge in [-0.15, -0.1) is 0 Å². The molecule has 1 heterocycles. The van der Waals surface area contributed by atoms with Crippen LogP contribution >= 0.6 is 22.6 Å². The molecule has 16 heavy (non-hydrogen) atoms. The summed E-state index contributed by atoms with van der Waals surface area (Å²) in [4.78, 5) is 9.09. The average molecular weight is 331 g/mol. The van der Waals surface area contributed by atoms with Gasteiger partial charge in [-0.3, -0.25) is 0 Å². The summed E-state index contributed by atoms with van der Waals surface area (Å²) >= 11 is 2.26. The first-order chi connectivity index (χ1) is 7.70. The molecule has 2 rings (SSSR count). The lowest BCUT2D eigenvalue weighted by atomic mass is 9.82. The van der Waals surface area contributed by atoms with Gasteiger partial charge in [0.25, 0.3) is 0 Å². The van der Waals surface area contributed by atoms with Crippen molar-refractivity contribution in [2.45, 2.75) is 38.5 Å². The lowest BCUT2D eigenvalue weighted by molar-refractivity contribution is 0.339. The Morgan fingerprint density at radius 1 is 1.31 bits per heavy atom. The highest BCUT2D eigenvalue weighted by atomic mass is 127. The number of nitrogens with one attached hydrogen (secondary N) is 1. The van der Waals surface area contributed by atoms with E-state index in [1.54, 1.807) is 0 Å². The monoisotopic (exact) mass is 331 g/mol. The fourth-order valence-electron chi connectivity index (χ4n) is 2.27. The number of anilines is 1. The van der Waals surface area contributed by atoms with Crippen molar-refractivity contribution in [1.29, 1.82) is 0 Å². The molecular formula is C12H18IN3. The van der Waals surface area contributed by atoms with Crippen LogP contribution in [0.5, 0.6) is 0 Å². The minimum atomic E-state index is 0.570. The van der Waals surface area contributed by atoms with E-state index in [0.717, 1.165) is 21.1 Å². The van der Waals surface area contributed by atoms with E-state index in [0.29, 0.717) is 5.92 Å². The molecule has 3 nitrogen and oxygen atoms in total. The van der Waals surface area contributed by atoms with Crippen molar-refractivity contribution in [3.8, 4) is 0 Å². The molecule has 1 aromatic rings. The van der Waals surface area contributed by atoms with Gasteiger partial charge in [0, 0.05) is 19.2 Å². The van der Waals surface area contributed by atoms with Crippen LogP contribution in [0, 0.1) is 9.49 Å². The Hall–Kier alpha value is -0.390. The van der Waals surface area contributed by atoms with Crippen molar-refractivity contribution in [2.75, 3.05) is 12.4 Å². The molecule has 1 fully saturated rings. The lowest BCUT2D eigenvalue weighted by Gasteiger charge is -2.25. The Morgan fingerprint density at radius 2 is 2.00 bits per heavy atom. The second kappa shape index (κ2) is 5.29. The lowest BCUT2D eigenvalue weighted by Crippen LogP contribution is -2.14. The van der Waals surface area contributed by atoms with Crippen LogP contribution in [0.15, 0.2) is 6.20 Å². The number of nitrogens with zero attached hydrogens (tertiary/aromatic N) is 2. The van der Waals surface area contributed by atoms with E-state index in [2.05, 4.69) is 44.8 Å². The van der Waals surface area contributed by atoms with Gasteiger partial charge < -0.3 is 5.32 Å². The van der Waals surface area contributed by atoms with Crippen molar-refractivity contribution in [1.82, 2.24) is 9.97 Å². The van der Waals surface area contributed by atoms with Gasteiger partial charge in [-0.1, -0.05) is 19.8 Å². The van der Waals surface area contributed by atoms with Crippen LogP contribution in [0.3, 0.4) is 0 Å². The van der Waals surface area contributed by atoms with Crippen molar-refractivity contribution >= 4 is 28.4 Å². The molecule has 1 aromatic heterocycles. The third-order valence-corrected chi connectivity index (χ3v) is 4.17. The van der Waals surface area contributed by atoms with E-state index in [-0.39, 0.29) is 0 Å². The highest BCUT2D eigenvalue weighted by molar-refractivity contribution is 14.1. The summed E-state index contributed by atoms with van der Waals surface area (Å²) in [5, 5.41) is 3.12. The van der Waals surface area contributed by atoms with Gasteiger partial charge >= 0.3 is 0 Å². The molecule has 0 spiro atoms. The number of rotatable bonds is 2. The highest BCUT2D eigenvalue weighted by Crippen LogP contribution is 2.34. The zero-order valence-corrected chi connectivity index (χ0v) is 12.0. The van der Waals surface area contributed by atoms with Gasteiger partial charge in [-0.05, 0) is 41.4 Å². The molecule has 0 unspecified atom stereocenters. The molecule has 1 aliphatic carbocycles. The number of hydrogen-bond donors (Lipinski definition) is 1. The fraction of sp³-hybridized carbons (Fsp3) is 0.667. The maximum absolute atomic E-state index is 4.61. The van der Waals surface area contributed by atoms with Crippen LogP contribution in [0.25, 0.3) is 0 Å². The minimum absolute atomic E-state index is 0.570. The van der Waals surface area contributed by atoms with E-state index in [9.17, 15) is 0 Å². The summed E-state index contributed by atoms with van der Waals surface area (Å²) in [7, 11) is 1.91. The van der Waals surface area contributed by atoms with Crippen molar-refractivity contribution in [3.63, 3.8) is 0 Å². The Labute approximate surface area is 111 Å². The van der Waals surface area contributed by atoms with E-state index >= 15 is 0 Å². The van der Waals surface area contributed by atoms with Gasteiger partial charge in [-0.2, -0.15) is 0 Å². The zero-order valence-electron chi connectivity index (χ0n) is 9.83. The van der Waals surface area contributed by atoms with E-state index in [1.807, 2.05) is 13.2 Å². The predicted octanol–water partition coefficient (Wildman–Crippen LogP) is 3.42. The summed E-state index contributed by atoms with van der Waals surface area (Å²) < 4.78 is 1.09. The summed E-state index contributed by atoms with van der Waals surface area (Å²) in [5.41, 5.74) is 0. The molecule has 1 saturated carbocycles. The fourth-order valence-corrected chi connectivity index (χ4v) is 2.80. The summed E-state index contributed by atoms with van der Waals surface area (Å²) in [6, 6.07) is 0. The zero-order chi connectivity index (χ0) is 11.5. The smallest absolute Gasteiger partial charge is 0.142 e. The molecule has 4 heteroatoms. The van der Waals surface area contributed by atoms with E-state index in [4.69, 9.17) is 0 Å². The summed E-state index contributed by atoms with van der Waals surface area (Å²) in [6.45, 7) is 2.34. The molecule has 0 atom stereocenters. The second-order valence-electron chi connectivity index (χ2n) is 4.63. The van der Waals surface area contributed by atoms with Gasteiger partial charge in [0.05, 0.1) is 3.57 Å². The van der Waals surface area contributed by atoms with Crippen molar-refractivity contribution in [2.24, 2.45) is 5.92 Å². The van der Waals surface area contributed by atoms with Crippen LogP contribution < -0.4 is 5.32 Å². The normalized spacial score (nSPS) is 25.4. The Balaban J connectivity index is 2.14. The van der Waals surface area contributed by atoms with Gasteiger partial charge in [0.15, 0.2) is 0 Å². The molecule has 0 aromatic carbocycles. The first-order valence-corrected chi connectivity index (χ1v) is 6.98. The maximum atomic E-state index is 4.61. The molecular weight excluding hydrogens is 313 g/mol. The van der Waals surface area contributed by atoms with Gasteiger partial charge in [0.1, 0.15) is 11.6 Å². The molecule has 0 aliphatic heterocycles. The minimum Gasteiger partial charge on any atom is -0.372 e. The Bertz CT molecular complexity index is 359. The maximum Gasteiger partial charge on any atom is 0.142 e. The van der Waals surface area contributed by atoms with Gasteiger partial charge in [-0.25, -0.2) is 9.97 Å². The van der Waals surface area contributed by atoms with Crippen molar-refractivity contribution < 1.29 is 0 Å². The topological polar surface area (TPSA) is 37.8 Å². The Morgan fingerprint density at radius 3 is 2.62 bits per heavy atom. The average Bonchev–Trinajstić information content (AvgIpc) is 2.31. The summed E-state index contributed by atoms with van der Waals surface area (Å²) in [6.07, 6.45) is 7.03. The van der Waals surface area contributed by atoms with Crippen LogP contribution in [-0.2, 0) is 0 Å². The standard InChI is InChI=1S/C12H18IN3/c1-8-3-5-9(6-4-8)11-15-7-10(13)12(14-2)16-11/h7-9H,3-6H2,1-2H3,(H,14,15,16). The van der Waals surface area contributed by atoms with E-state index < -0.39 is 0 Å². The van der Waals surface area contributed by atoms with Crippen LogP contribution in [0.4, 0.5) is 5.82 Å². The van der Waals surface area contributed by atoms with Gasteiger partial charge in [0.2, 0.25) is 0 Å². The first kappa shape index (κ1) is 12.1. The highest BCUT2D eigenvalue weighted by Gasteiger charge is 2.22. The van der Waals surface area contributed by atoms with Crippen LogP contribution in [0.1, 0.15) is 44.3 Å². The number of aromatic nitrogens is 2. The quantitative estimate of drug-likeness (QED) is 0.844. The second-order valence-corrected chi connectivity index (χ2v) is 5.79.